The molecule has 0 unspecified atom stereocenters. The Morgan fingerprint density at radius 1 is 1.35 bits per heavy atom. The van der Waals surface area contributed by atoms with Gasteiger partial charge in [-0.2, -0.15) is 0 Å². The van der Waals surface area contributed by atoms with Gasteiger partial charge in [-0.25, -0.2) is 4.98 Å². The zero-order valence-corrected chi connectivity index (χ0v) is 12.4. The number of amides is 1. The largest absolute Gasteiger partial charge is 0.385 e. The number of hydrogen-bond acceptors (Lipinski definition) is 4. The van der Waals surface area contributed by atoms with Gasteiger partial charge in [-0.05, 0) is 37.8 Å². The molecule has 1 heterocycles. The van der Waals surface area contributed by atoms with E-state index in [1.807, 2.05) is 6.07 Å². The smallest absolute Gasteiger partial charge is 0.251 e. The van der Waals surface area contributed by atoms with Crippen molar-refractivity contribution in [2.75, 3.05) is 26.0 Å². The van der Waals surface area contributed by atoms with E-state index in [4.69, 9.17) is 10.5 Å². The number of methoxy groups -OCH3 is 1. The number of nitrogens with zero attached hydrogens (tertiary/aromatic N) is 1. The Balaban J connectivity index is 2.42. The molecule has 0 saturated heterocycles. The minimum absolute atomic E-state index is 0.0804. The van der Waals surface area contributed by atoms with Gasteiger partial charge < -0.3 is 15.8 Å². The summed E-state index contributed by atoms with van der Waals surface area (Å²) in [7, 11) is 1.70. The molecule has 0 aliphatic rings. The fourth-order valence-corrected chi connectivity index (χ4v) is 1.98. The van der Waals surface area contributed by atoms with Gasteiger partial charge in [0, 0.05) is 31.5 Å². The van der Waals surface area contributed by atoms with E-state index in [0.717, 1.165) is 44.4 Å². The number of aromatic nitrogens is 1. The van der Waals surface area contributed by atoms with Crippen molar-refractivity contribution in [3.8, 4) is 0 Å². The predicted molar refractivity (Wildman–Crippen MR) is 80.7 cm³/mol. The van der Waals surface area contributed by atoms with Gasteiger partial charge in [0.05, 0.1) is 0 Å². The van der Waals surface area contributed by atoms with Crippen molar-refractivity contribution in [2.45, 2.75) is 39.0 Å². The lowest BCUT2D eigenvalue weighted by Gasteiger charge is -2.07. The topological polar surface area (TPSA) is 77.2 Å². The Bertz CT molecular complexity index is 422. The second kappa shape index (κ2) is 9.31. The van der Waals surface area contributed by atoms with E-state index in [0.29, 0.717) is 17.9 Å². The Morgan fingerprint density at radius 2 is 2.15 bits per heavy atom. The maximum absolute atomic E-state index is 12.0. The van der Waals surface area contributed by atoms with Gasteiger partial charge in [-0.3, -0.25) is 4.79 Å². The van der Waals surface area contributed by atoms with Gasteiger partial charge in [-0.15, -0.1) is 0 Å². The molecule has 0 fully saturated rings. The van der Waals surface area contributed by atoms with Gasteiger partial charge in [0.2, 0.25) is 0 Å². The van der Waals surface area contributed by atoms with E-state index in [9.17, 15) is 4.79 Å². The Kier molecular flexibility index (Phi) is 7.65. The number of ether oxygens (including phenoxy) is 1. The molecule has 0 aliphatic heterocycles. The molecular formula is C15H25N3O2. The third-order valence-electron chi connectivity index (χ3n) is 2.98. The highest BCUT2D eigenvalue weighted by molar-refractivity contribution is 5.94. The van der Waals surface area contributed by atoms with Crippen molar-refractivity contribution < 1.29 is 9.53 Å². The monoisotopic (exact) mass is 279 g/mol. The van der Waals surface area contributed by atoms with Crippen LogP contribution in [0.2, 0.25) is 0 Å². The van der Waals surface area contributed by atoms with Crippen LogP contribution in [0.15, 0.2) is 12.1 Å². The molecule has 5 nitrogen and oxygen atoms in total. The molecule has 0 spiro atoms. The van der Waals surface area contributed by atoms with E-state index in [1.165, 1.54) is 0 Å². The molecule has 1 aromatic heterocycles. The molecule has 0 aromatic carbocycles. The Morgan fingerprint density at radius 3 is 2.85 bits per heavy atom. The van der Waals surface area contributed by atoms with Crippen LogP contribution in [-0.4, -0.2) is 31.2 Å². The lowest BCUT2D eigenvalue weighted by molar-refractivity contribution is 0.0952. The van der Waals surface area contributed by atoms with Crippen molar-refractivity contribution in [1.29, 1.82) is 0 Å². The summed E-state index contributed by atoms with van der Waals surface area (Å²) < 4.78 is 4.98. The molecular weight excluding hydrogens is 254 g/mol. The highest BCUT2D eigenvalue weighted by atomic mass is 16.5. The van der Waals surface area contributed by atoms with Crippen molar-refractivity contribution in [3.05, 3.63) is 23.4 Å². The summed E-state index contributed by atoms with van der Waals surface area (Å²) >= 11 is 0. The van der Waals surface area contributed by atoms with Gasteiger partial charge in [0.15, 0.2) is 0 Å². The number of pyridine rings is 1. The number of nitrogens with two attached hydrogens (primary N) is 1. The number of nitrogen functional groups attached to an aromatic ring is 1. The summed E-state index contributed by atoms with van der Waals surface area (Å²) in [4.78, 5) is 16.2. The number of rotatable bonds is 9. The van der Waals surface area contributed by atoms with Gasteiger partial charge >= 0.3 is 0 Å². The molecule has 20 heavy (non-hydrogen) atoms. The Labute approximate surface area is 120 Å². The minimum atomic E-state index is -0.0804. The first-order valence-corrected chi connectivity index (χ1v) is 7.21. The first-order chi connectivity index (χ1) is 9.67. The highest BCUT2D eigenvalue weighted by Gasteiger charge is 2.08. The average molecular weight is 279 g/mol. The third kappa shape index (κ3) is 6.02. The summed E-state index contributed by atoms with van der Waals surface area (Å²) in [5.74, 6) is 0.324. The fraction of sp³-hybridized carbons (Fsp3) is 0.600. The normalized spacial score (nSPS) is 10.5. The van der Waals surface area contributed by atoms with Crippen LogP contribution in [-0.2, 0) is 11.2 Å². The van der Waals surface area contributed by atoms with Crippen LogP contribution in [0.3, 0.4) is 0 Å². The minimum Gasteiger partial charge on any atom is -0.385 e. The van der Waals surface area contributed by atoms with Crippen molar-refractivity contribution in [3.63, 3.8) is 0 Å². The number of carbonyl (C=O) groups is 1. The molecule has 5 heteroatoms. The summed E-state index contributed by atoms with van der Waals surface area (Å²) in [6.07, 6.45) is 4.85. The van der Waals surface area contributed by atoms with E-state index < -0.39 is 0 Å². The number of hydrogen-bond donors (Lipinski definition) is 2. The van der Waals surface area contributed by atoms with Crippen LogP contribution >= 0.6 is 0 Å². The zero-order chi connectivity index (χ0) is 14.8. The Hall–Kier alpha value is -1.62. The molecule has 112 valence electrons. The van der Waals surface area contributed by atoms with Crippen LogP contribution in [0.25, 0.3) is 0 Å². The maximum atomic E-state index is 12.0. The van der Waals surface area contributed by atoms with Crippen LogP contribution < -0.4 is 11.1 Å². The molecule has 0 radical (unpaired) electrons. The first kappa shape index (κ1) is 16.4. The summed E-state index contributed by atoms with van der Waals surface area (Å²) in [6, 6.07) is 3.44. The molecule has 1 aromatic rings. The first-order valence-electron chi connectivity index (χ1n) is 7.21. The lowest BCUT2D eigenvalue weighted by atomic mass is 10.1. The summed E-state index contributed by atoms with van der Waals surface area (Å²) in [6.45, 7) is 3.52. The molecule has 1 rings (SSSR count). The fourth-order valence-electron chi connectivity index (χ4n) is 1.98. The molecule has 0 aliphatic carbocycles. The summed E-state index contributed by atoms with van der Waals surface area (Å²) in [5.41, 5.74) is 7.20. The number of nitrogens with one attached hydrogen (secondary N) is 1. The van der Waals surface area contributed by atoms with Crippen LogP contribution in [0.5, 0.6) is 0 Å². The van der Waals surface area contributed by atoms with E-state index >= 15 is 0 Å². The molecule has 3 N–H and O–H groups in total. The maximum Gasteiger partial charge on any atom is 0.251 e. The number of aryl methyl sites for hydroxylation is 1. The van der Waals surface area contributed by atoms with Crippen LogP contribution in [0.4, 0.5) is 5.82 Å². The molecule has 0 bridgehead atoms. The van der Waals surface area contributed by atoms with Crippen LogP contribution in [0.1, 0.15) is 48.7 Å². The van der Waals surface area contributed by atoms with Crippen molar-refractivity contribution >= 4 is 11.7 Å². The molecule has 0 saturated carbocycles. The number of carbonyl (C=O) groups excluding carboxylic acids is 1. The van der Waals surface area contributed by atoms with E-state index in [-0.39, 0.29) is 5.91 Å². The average Bonchev–Trinajstić information content (AvgIpc) is 2.42. The molecule has 0 atom stereocenters. The van der Waals surface area contributed by atoms with Gasteiger partial charge in [0.1, 0.15) is 5.82 Å². The van der Waals surface area contributed by atoms with Crippen LogP contribution in [0, 0.1) is 0 Å². The lowest BCUT2D eigenvalue weighted by Crippen LogP contribution is -2.25. The number of unbranched alkanes of at least 4 members (excludes halogenated alkanes) is 2. The number of anilines is 1. The summed E-state index contributed by atoms with van der Waals surface area (Å²) in [5, 5.41) is 2.91. The second-order valence-electron chi connectivity index (χ2n) is 4.83. The van der Waals surface area contributed by atoms with Gasteiger partial charge in [0.25, 0.3) is 5.91 Å². The third-order valence-corrected chi connectivity index (χ3v) is 2.98. The quantitative estimate of drug-likeness (QED) is 0.679. The molecule has 1 amide bonds. The highest BCUT2D eigenvalue weighted by Crippen LogP contribution is 2.09. The van der Waals surface area contributed by atoms with E-state index in [2.05, 4.69) is 17.2 Å². The van der Waals surface area contributed by atoms with E-state index in [1.54, 1.807) is 13.2 Å². The SMILES string of the molecule is CCCc1cc(C(=O)NCCCCCOC)cc(N)n1. The van der Waals surface area contributed by atoms with Gasteiger partial charge in [-0.1, -0.05) is 13.3 Å². The van der Waals surface area contributed by atoms with Crippen molar-refractivity contribution in [1.82, 2.24) is 10.3 Å². The zero-order valence-electron chi connectivity index (χ0n) is 12.4. The van der Waals surface area contributed by atoms with Crippen molar-refractivity contribution in [2.24, 2.45) is 0 Å². The second-order valence-corrected chi connectivity index (χ2v) is 4.83. The standard InChI is InChI=1S/C15H25N3O2/c1-3-7-13-10-12(11-14(16)18-13)15(19)17-8-5-4-6-9-20-2/h10-11H,3-9H2,1-2H3,(H2,16,18)(H,17,19). The predicted octanol–water partition coefficient (Wildman–Crippen LogP) is 2.16.